The molecule has 0 heterocycles. The van der Waals surface area contributed by atoms with Gasteiger partial charge in [0.05, 0.1) is 12.0 Å². The third-order valence-corrected chi connectivity index (χ3v) is 4.78. The summed E-state index contributed by atoms with van der Waals surface area (Å²) in [6.45, 7) is 12.3. The fraction of sp³-hybridized carbons (Fsp3) is 0.889. The number of rotatable bonds is 5. The first-order valence-electron chi connectivity index (χ1n) is 8.29. The largest absolute Gasteiger partial charge is 0.465 e. The van der Waals surface area contributed by atoms with Gasteiger partial charge < -0.3 is 4.74 Å². The molecule has 1 aliphatic carbocycles. The van der Waals surface area contributed by atoms with Crippen molar-refractivity contribution in [1.29, 1.82) is 0 Å². The van der Waals surface area contributed by atoms with Crippen LogP contribution in [0, 0.1) is 22.7 Å². The zero-order valence-corrected chi connectivity index (χ0v) is 14.6. The van der Waals surface area contributed by atoms with Gasteiger partial charge in [-0.05, 0) is 45.4 Å². The lowest BCUT2D eigenvalue weighted by Gasteiger charge is -2.32. The number of ether oxygens (including phenoxy) is 1. The van der Waals surface area contributed by atoms with Crippen molar-refractivity contribution >= 4 is 11.8 Å². The molecular formula is C18H32O3. The van der Waals surface area contributed by atoms with Crippen LogP contribution in [0.15, 0.2) is 0 Å². The molecule has 0 spiro atoms. The Labute approximate surface area is 129 Å². The van der Waals surface area contributed by atoms with E-state index in [1.54, 1.807) is 0 Å². The van der Waals surface area contributed by atoms with E-state index in [0.29, 0.717) is 18.3 Å². The molecule has 0 radical (unpaired) electrons. The van der Waals surface area contributed by atoms with Gasteiger partial charge in [-0.2, -0.15) is 0 Å². The van der Waals surface area contributed by atoms with Crippen LogP contribution in [0.1, 0.15) is 73.6 Å². The Balaban J connectivity index is 2.51. The topological polar surface area (TPSA) is 43.4 Å². The fourth-order valence-electron chi connectivity index (χ4n) is 2.83. The Morgan fingerprint density at radius 1 is 1.10 bits per heavy atom. The molecule has 0 amide bonds. The van der Waals surface area contributed by atoms with E-state index in [1.807, 2.05) is 41.5 Å². The zero-order valence-electron chi connectivity index (χ0n) is 14.6. The minimum Gasteiger partial charge on any atom is -0.465 e. The van der Waals surface area contributed by atoms with Crippen LogP contribution in [-0.4, -0.2) is 18.4 Å². The summed E-state index contributed by atoms with van der Waals surface area (Å²) in [5, 5.41) is 0. The van der Waals surface area contributed by atoms with Crippen molar-refractivity contribution in [3.8, 4) is 0 Å². The number of esters is 1. The Hall–Kier alpha value is -0.860. The van der Waals surface area contributed by atoms with Crippen LogP contribution >= 0.6 is 0 Å². The number of Topliss-reactive ketones (excluding diaryl/α,β-unsaturated/α-hetero) is 1. The minimum atomic E-state index is -0.407. The smallest absolute Gasteiger partial charge is 0.311 e. The second-order valence-corrected chi connectivity index (χ2v) is 8.18. The van der Waals surface area contributed by atoms with E-state index in [-0.39, 0.29) is 17.3 Å². The van der Waals surface area contributed by atoms with Gasteiger partial charge in [-0.3, -0.25) is 9.59 Å². The van der Waals surface area contributed by atoms with Crippen molar-refractivity contribution in [1.82, 2.24) is 0 Å². The third kappa shape index (κ3) is 5.12. The van der Waals surface area contributed by atoms with Gasteiger partial charge in [-0.1, -0.05) is 34.1 Å². The van der Waals surface area contributed by atoms with Crippen LogP contribution in [0.4, 0.5) is 0 Å². The van der Waals surface area contributed by atoms with Gasteiger partial charge in [-0.25, -0.2) is 0 Å². The maximum absolute atomic E-state index is 12.4. The normalized spacial score (nSPS) is 23.7. The molecule has 21 heavy (non-hydrogen) atoms. The SMILES string of the molecule is CCC(C)(C)C(=O)OCC1CCCC(C(=O)C(C)(C)C)C1. The van der Waals surface area contributed by atoms with Crippen molar-refractivity contribution in [2.75, 3.05) is 6.61 Å². The van der Waals surface area contributed by atoms with Crippen molar-refractivity contribution in [3.63, 3.8) is 0 Å². The first-order chi connectivity index (χ1) is 9.58. The highest BCUT2D eigenvalue weighted by Crippen LogP contribution is 2.34. The molecule has 2 unspecified atom stereocenters. The highest BCUT2D eigenvalue weighted by molar-refractivity contribution is 5.86. The molecule has 0 bridgehead atoms. The third-order valence-electron chi connectivity index (χ3n) is 4.78. The van der Waals surface area contributed by atoms with Crippen LogP contribution in [0.25, 0.3) is 0 Å². The maximum atomic E-state index is 12.4. The van der Waals surface area contributed by atoms with Crippen molar-refractivity contribution < 1.29 is 14.3 Å². The number of hydrogen-bond acceptors (Lipinski definition) is 3. The summed E-state index contributed by atoms with van der Waals surface area (Å²) in [5.74, 6) is 0.718. The molecule has 1 fully saturated rings. The number of ketones is 1. The minimum absolute atomic E-state index is 0.116. The summed E-state index contributed by atoms with van der Waals surface area (Å²) in [7, 11) is 0. The van der Waals surface area contributed by atoms with Crippen molar-refractivity contribution in [2.24, 2.45) is 22.7 Å². The van der Waals surface area contributed by atoms with E-state index in [9.17, 15) is 9.59 Å². The summed E-state index contributed by atoms with van der Waals surface area (Å²) in [6.07, 6.45) is 4.76. The van der Waals surface area contributed by atoms with E-state index in [4.69, 9.17) is 4.74 Å². The standard InChI is InChI=1S/C18H32O3/c1-7-18(5,6)16(20)21-12-13-9-8-10-14(11-13)15(19)17(2,3)4/h13-14H,7-12H2,1-6H3. The summed E-state index contributed by atoms with van der Waals surface area (Å²) in [6, 6.07) is 0. The van der Waals surface area contributed by atoms with Crippen LogP contribution in [0.5, 0.6) is 0 Å². The molecule has 0 aromatic rings. The molecule has 0 saturated heterocycles. The number of carbonyl (C=O) groups is 2. The van der Waals surface area contributed by atoms with Crippen molar-refractivity contribution in [3.05, 3.63) is 0 Å². The van der Waals surface area contributed by atoms with E-state index in [1.165, 1.54) is 0 Å². The van der Waals surface area contributed by atoms with E-state index >= 15 is 0 Å². The number of carbonyl (C=O) groups excluding carboxylic acids is 2. The zero-order chi connectivity index (χ0) is 16.3. The molecular weight excluding hydrogens is 264 g/mol. The van der Waals surface area contributed by atoms with Crippen LogP contribution in [0.3, 0.4) is 0 Å². The molecule has 2 atom stereocenters. The quantitative estimate of drug-likeness (QED) is 0.707. The second-order valence-electron chi connectivity index (χ2n) is 8.18. The molecule has 0 aromatic carbocycles. The lowest BCUT2D eigenvalue weighted by atomic mass is 9.73. The summed E-state index contributed by atoms with van der Waals surface area (Å²) in [5.41, 5.74) is -0.678. The molecule has 122 valence electrons. The first-order valence-corrected chi connectivity index (χ1v) is 8.29. The summed E-state index contributed by atoms with van der Waals surface area (Å²) < 4.78 is 5.50. The average Bonchev–Trinajstić information content (AvgIpc) is 2.43. The summed E-state index contributed by atoms with van der Waals surface area (Å²) in [4.78, 5) is 24.4. The molecule has 1 aliphatic rings. The molecule has 0 aliphatic heterocycles. The van der Waals surface area contributed by atoms with Gasteiger partial charge in [0.1, 0.15) is 5.78 Å². The van der Waals surface area contributed by atoms with Gasteiger partial charge >= 0.3 is 5.97 Å². The highest BCUT2D eigenvalue weighted by Gasteiger charge is 2.34. The lowest BCUT2D eigenvalue weighted by Crippen LogP contribution is -2.34. The Morgan fingerprint density at radius 3 is 2.24 bits per heavy atom. The number of hydrogen-bond donors (Lipinski definition) is 0. The summed E-state index contributed by atoms with van der Waals surface area (Å²) >= 11 is 0. The van der Waals surface area contributed by atoms with Gasteiger partial charge in [0, 0.05) is 11.3 Å². The molecule has 1 rings (SSSR count). The Morgan fingerprint density at radius 2 is 1.71 bits per heavy atom. The molecule has 3 nitrogen and oxygen atoms in total. The molecule has 1 saturated carbocycles. The average molecular weight is 296 g/mol. The van der Waals surface area contributed by atoms with E-state index in [2.05, 4.69) is 0 Å². The van der Waals surface area contributed by atoms with Crippen LogP contribution < -0.4 is 0 Å². The monoisotopic (exact) mass is 296 g/mol. The molecule has 0 aromatic heterocycles. The van der Waals surface area contributed by atoms with Gasteiger partial charge in [-0.15, -0.1) is 0 Å². The Bertz CT molecular complexity index is 376. The van der Waals surface area contributed by atoms with Crippen LogP contribution in [-0.2, 0) is 14.3 Å². The van der Waals surface area contributed by atoms with Crippen molar-refractivity contribution in [2.45, 2.75) is 73.6 Å². The lowest BCUT2D eigenvalue weighted by molar-refractivity contribution is -0.156. The molecule has 0 N–H and O–H groups in total. The van der Waals surface area contributed by atoms with Gasteiger partial charge in [0.2, 0.25) is 0 Å². The first kappa shape index (κ1) is 18.2. The van der Waals surface area contributed by atoms with Crippen LogP contribution in [0.2, 0.25) is 0 Å². The maximum Gasteiger partial charge on any atom is 0.311 e. The Kier molecular flexibility index (Phi) is 6.01. The predicted molar refractivity (Wildman–Crippen MR) is 84.9 cm³/mol. The molecule has 3 heteroatoms. The van der Waals surface area contributed by atoms with Gasteiger partial charge in [0.15, 0.2) is 0 Å². The second kappa shape index (κ2) is 6.93. The highest BCUT2D eigenvalue weighted by atomic mass is 16.5. The van der Waals surface area contributed by atoms with Gasteiger partial charge in [0.25, 0.3) is 0 Å². The predicted octanol–water partition coefficient (Wildman–Crippen LogP) is 4.39. The van der Waals surface area contributed by atoms with E-state index in [0.717, 1.165) is 32.1 Å². The fourth-order valence-corrected chi connectivity index (χ4v) is 2.83. The van der Waals surface area contributed by atoms with E-state index < -0.39 is 5.41 Å².